The summed E-state index contributed by atoms with van der Waals surface area (Å²) >= 11 is 0. The van der Waals surface area contributed by atoms with Crippen LogP contribution in [0.1, 0.15) is 43.6 Å². The number of nitrogens with zero attached hydrogens (tertiary/aromatic N) is 2. The van der Waals surface area contributed by atoms with Crippen molar-refractivity contribution in [3.05, 3.63) is 17.0 Å². The number of aryl methyl sites for hydroxylation is 2. The molecule has 0 fully saturated rings. The molecule has 0 aromatic carbocycles. The summed E-state index contributed by atoms with van der Waals surface area (Å²) in [6.07, 6.45) is 3.63. The third-order valence-corrected chi connectivity index (χ3v) is 3.09. The van der Waals surface area contributed by atoms with Crippen molar-refractivity contribution in [1.29, 1.82) is 0 Å². The zero-order chi connectivity index (χ0) is 12.0. The molecule has 16 heavy (non-hydrogen) atoms. The molecule has 0 amide bonds. The second-order valence-corrected chi connectivity index (χ2v) is 4.32. The van der Waals surface area contributed by atoms with E-state index in [0.29, 0.717) is 0 Å². The van der Waals surface area contributed by atoms with E-state index in [-0.39, 0.29) is 0 Å². The third-order valence-electron chi connectivity index (χ3n) is 3.09. The number of hydrogen-bond acceptors (Lipinski definition) is 2. The van der Waals surface area contributed by atoms with Gasteiger partial charge in [-0.15, -0.1) is 0 Å². The van der Waals surface area contributed by atoms with Gasteiger partial charge in [-0.2, -0.15) is 5.10 Å². The number of aromatic nitrogens is 2. The standard InChI is InChI=1S/C13H25N3/c1-5-7-9-14-10-8-13-11(3)15-16(6-2)12(13)4/h14H,5-10H2,1-4H3. The van der Waals surface area contributed by atoms with E-state index in [2.05, 4.69) is 42.8 Å². The third kappa shape index (κ3) is 3.34. The zero-order valence-corrected chi connectivity index (χ0v) is 11.1. The van der Waals surface area contributed by atoms with Crippen LogP contribution in [0, 0.1) is 13.8 Å². The lowest BCUT2D eigenvalue weighted by Crippen LogP contribution is -2.18. The molecule has 1 aromatic heterocycles. The minimum Gasteiger partial charge on any atom is -0.316 e. The van der Waals surface area contributed by atoms with Crippen LogP contribution in [0.4, 0.5) is 0 Å². The Morgan fingerprint density at radius 3 is 2.50 bits per heavy atom. The molecule has 0 unspecified atom stereocenters. The maximum atomic E-state index is 4.53. The van der Waals surface area contributed by atoms with Crippen LogP contribution in [0.2, 0.25) is 0 Å². The van der Waals surface area contributed by atoms with Crippen LogP contribution in [-0.2, 0) is 13.0 Å². The average Bonchev–Trinajstić information content (AvgIpc) is 2.55. The van der Waals surface area contributed by atoms with E-state index in [1.165, 1.54) is 29.8 Å². The van der Waals surface area contributed by atoms with E-state index in [4.69, 9.17) is 0 Å². The summed E-state index contributed by atoms with van der Waals surface area (Å²) in [6, 6.07) is 0. The molecule has 0 aliphatic carbocycles. The van der Waals surface area contributed by atoms with Crippen molar-refractivity contribution in [2.45, 2.75) is 53.5 Å². The molecule has 0 atom stereocenters. The van der Waals surface area contributed by atoms with Crippen molar-refractivity contribution < 1.29 is 0 Å². The predicted octanol–water partition coefficient (Wildman–Crippen LogP) is 2.45. The van der Waals surface area contributed by atoms with Crippen LogP contribution in [0.25, 0.3) is 0 Å². The Balaban J connectivity index is 2.44. The summed E-state index contributed by atoms with van der Waals surface area (Å²) in [5.74, 6) is 0. The Labute approximate surface area is 99.2 Å². The van der Waals surface area contributed by atoms with Crippen molar-refractivity contribution in [2.75, 3.05) is 13.1 Å². The summed E-state index contributed by atoms with van der Waals surface area (Å²) in [5.41, 5.74) is 3.94. The van der Waals surface area contributed by atoms with Gasteiger partial charge in [0.1, 0.15) is 0 Å². The van der Waals surface area contributed by atoms with Crippen molar-refractivity contribution in [2.24, 2.45) is 0 Å². The van der Waals surface area contributed by atoms with E-state index in [0.717, 1.165) is 26.1 Å². The molecule has 3 nitrogen and oxygen atoms in total. The average molecular weight is 223 g/mol. The summed E-state index contributed by atoms with van der Waals surface area (Å²) in [6.45, 7) is 11.8. The lowest BCUT2D eigenvalue weighted by Gasteiger charge is -2.05. The first-order chi connectivity index (χ1) is 7.70. The van der Waals surface area contributed by atoms with Crippen LogP contribution in [-0.4, -0.2) is 22.9 Å². The van der Waals surface area contributed by atoms with Gasteiger partial charge < -0.3 is 5.32 Å². The Bertz CT molecular complexity index is 315. The zero-order valence-electron chi connectivity index (χ0n) is 11.1. The van der Waals surface area contributed by atoms with Crippen LogP contribution < -0.4 is 5.32 Å². The molecule has 3 heteroatoms. The highest BCUT2D eigenvalue weighted by atomic mass is 15.3. The van der Waals surface area contributed by atoms with Gasteiger partial charge in [0, 0.05) is 12.2 Å². The normalized spacial score (nSPS) is 11.0. The van der Waals surface area contributed by atoms with Gasteiger partial charge in [-0.05, 0) is 52.3 Å². The van der Waals surface area contributed by atoms with Crippen LogP contribution in [0.5, 0.6) is 0 Å². The Hall–Kier alpha value is -0.830. The van der Waals surface area contributed by atoms with Crippen LogP contribution in [0.15, 0.2) is 0 Å². The fraction of sp³-hybridized carbons (Fsp3) is 0.769. The van der Waals surface area contributed by atoms with Gasteiger partial charge in [0.15, 0.2) is 0 Å². The molecule has 0 bridgehead atoms. The number of hydrogen-bond donors (Lipinski definition) is 1. The first-order valence-electron chi connectivity index (χ1n) is 6.44. The Kier molecular flexibility index (Phi) is 5.53. The highest BCUT2D eigenvalue weighted by molar-refractivity contribution is 5.24. The quantitative estimate of drug-likeness (QED) is 0.720. The minimum absolute atomic E-state index is 0.968. The number of unbranched alkanes of at least 4 members (excludes halogenated alkanes) is 1. The van der Waals surface area contributed by atoms with Gasteiger partial charge in [0.25, 0.3) is 0 Å². The molecule has 0 aliphatic rings. The monoisotopic (exact) mass is 223 g/mol. The molecule has 0 radical (unpaired) electrons. The molecule has 1 rings (SSSR count). The van der Waals surface area contributed by atoms with Gasteiger partial charge >= 0.3 is 0 Å². The minimum atomic E-state index is 0.968. The van der Waals surface area contributed by atoms with E-state index >= 15 is 0 Å². The Morgan fingerprint density at radius 2 is 1.94 bits per heavy atom. The number of nitrogens with one attached hydrogen (secondary N) is 1. The topological polar surface area (TPSA) is 29.9 Å². The molecule has 0 saturated heterocycles. The summed E-state index contributed by atoms with van der Waals surface area (Å²) in [7, 11) is 0. The molecule has 0 spiro atoms. The predicted molar refractivity (Wildman–Crippen MR) is 68.9 cm³/mol. The van der Waals surface area contributed by atoms with Crippen molar-refractivity contribution in [3.63, 3.8) is 0 Å². The van der Waals surface area contributed by atoms with E-state index < -0.39 is 0 Å². The van der Waals surface area contributed by atoms with Crippen molar-refractivity contribution in [1.82, 2.24) is 15.1 Å². The van der Waals surface area contributed by atoms with E-state index in [9.17, 15) is 0 Å². The van der Waals surface area contributed by atoms with Gasteiger partial charge in [-0.3, -0.25) is 4.68 Å². The Morgan fingerprint density at radius 1 is 1.19 bits per heavy atom. The maximum absolute atomic E-state index is 4.53. The second-order valence-electron chi connectivity index (χ2n) is 4.32. The highest BCUT2D eigenvalue weighted by Crippen LogP contribution is 2.13. The van der Waals surface area contributed by atoms with Gasteiger partial charge in [0.2, 0.25) is 0 Å². The maximum Gasteiger partial charge on any atom is 0.0628 e. The molecule has 92 valence electrons. The fourth-order valence-electron chi connectivity index (χ4n) is 2.04. The van der Waals surface area contributed by atoms with Gasteiger partial charge in [-0.25, -0.2) is 0 Å². The van der Waals surface area contributed by atoms with Crippen molar-refractivity contribution in [3.8, 4) is 0 Å². The smallest absolute Gasteiger partial charge is 0.0628 e. The molecule has 1 heterocycles. The summed E-state index contributed by atoms with van der Waals surface area (Å²) in [4.78, 5) is 0. The molecule has 1 aromatic rings. The van der Waals surface area contributed by atoms with Crippen molar-refractivity contribution >= 4 is 0 Å². The molecular weight excluding hydrogens is 198 g/mol. The van der Waals surface area contributed by atoms with Crippen LogP contribution >= 0.6 is 0 Å². The largest absolute Gasteiger partial charge is 0.316 e. The highest BCUT2D eigenvalue weighted by Gasteiger charge is 2.09. The lowest BCUT2D eigenvalue weighted by molar-refractivity contribution is 0.627. The SMILES string of the molecule is CCCCNCCc1c(C)nn(CC)c1C. The fourth-order valence-corrected chi connectivity index (χ4v) is 2.04. The molecular formula is C13H25N3. The first-order valence-corrected chi connectivity index (χ1v) is 6.44. The van der Waals surface area contributed by atoms with Gasteiger partial charge in [0.05, 0.1) is 5.69 Å². The number of rotatable bonds is 7. The van der Waals surface area contributed by atoms with Gasteiger partial charge in [-0.1, -0.05) is 13.3 Å². The first kappa shape index (κ1) is 13.2. The molecule has 0 aliphatic heterocycles. The molecule has 0 saturated carbocycles. The lowest BCUT2D eigenvalue weighted by atomic mass is 10.1. The van der Waals surface area contributed by atoms with E-state index in [1.807, 2.05) is 0 Å². The van der Waals surface area contributed by atoms with Crippen LogP contribution in [0.3, 0.4) is 0 Å². The molecule has 1 N–H and O–H groups in total. The summed E-state index contributed by atoms with van der Waals surface area (Å²) in [5, 5.41) is 8.01. The summed E-state index contributed by atoms with van der Waals surface area (Å²) < 4.78 is 2.09. The van der Waals surface area contributed by atoms with E-state index in [1.54, 1.807) is 0 Å². The second kappa shape index (κ2) is 6.69.